The number of aliphatic hydroxyl groups is 1. The topological polar surface area (TPSA) is 23.5 Å². The van der Waals surface area contributed by atoms with Crippen LogP contribution in [0.3, 0.4) is 0 Å². The number of thiophene rings is 1. The Morgan fingerprint density at radius 3 is 2.73 bits per heavy atom. The van der Waals surface area contributed by atoms with Gasteiger partial charge in [0.15, 0.2) is 0 Å². The summed E-state index contributed by atoms with van der Waals surface area (Å²) in [6.07, 6.45) is 0. The fourth-order valence-corrected chi connectivity index (χ4v) is 1.90. The Morgan fingerprint density at radius 1 is 1.55 bits per heavy atom. The van der Waals surface area contributed by atoms with Gasteiger partial charge in [-0.25, -0.2) is 0 Å². The van der Waals surface area contributed by atoms with E-state index >= 15 is 0 Å². The highest BCUT2D eigenvalue weighted by atomic mass is 32.1. The molecule has 0 fully saturated rings. The van der Waals surface area contributed by atoms with Gasteiger partial charge < -0.3 is 10.0 Å². The van der Waals surface area contributed by atoms with E-state index < -0.39 is 0 Å². The van der Waals surface area contributed by atoms with Crippen molar-refractivity contribution < 1.29 is 5.11 Å². The molecule has 1 rings (SSSR count). The first-order valence-electron chi connectivity index (χ1n) is 3.54. The molecule has 0 aromatic carbocycles. The summed E-state index contributed by atoms with van der Waals surface area (Å²) < 4.78 is 0. The lowest BCUT2D eigenvalue weighted by atomic mass is 10.3. The predicted molar refractivity (Wildman–Crippen MR) is 47.6 cm³/mol. The van der Waals surface area contributed by atoms with Crippen LogP contribution in [0.15, 0.2) is 11.4 Å². The normalized spacial score (nSPS) is 10.9. The van der Waals surface area contributed by atoms with Crippen molar-refractivity contribution in [3.8, 4) is 0 Å². The SMILES string of the molecule is CN(C)Cc1cc(CO)cs1. The largest absolute Gasteiger partial charge is 0.392 e. The summed E-state index contributed by atoms with van der Waals surface area (Å²) in [4.78, 5) is 3.42. The Kier molecular flexibility index (Phi) is 3.05. The lowest BCUT2D eigenvalue weighted by molar-refractivity contribution is 0.282. The van der Waals surface area contributed by atoms with Gasteiger partial charge in [0.25, 0.3) is 0 Å². The molecule has 1 aromatic heterocycles. The van der Waals surface area contributed by atoms with Crippen LogP contribution < -0.4 is 0 Å². The van der Waals surface area contributed by atoms with E-state index in [0.717, 1.165) is 12.1 Å². The van der Waals surface area contributed by atoms with Gasteiger partial charge in [-0.05, 0) is 31.1 Å². The summed E-state index contributed by atoms with van der Waals surface area (Å²) in [5.74, 6) is 0. The minimum absolute atomic E-state index is 0.157. The second kappa shape index (κ2) is 3.85. The van der Waals surface area contributed by atoms with Crippen LogP contribution in [-0.2, 0) is 13.2 Å². The van der Waals surface area contributed by atoms with Gasteiger partial charge in [0.05, 0.1) is 6.61 Å². The van der Waals surface area contributed by atoms with E-state index in [-0.39, 0.29) is 6.61 Å². The number of nitrogens with zero attached hydrogens (tertiary/aromatic N) is 1. The molecule has 3 heteroatoms. The molecule has 62 valence electrons. The molecule has 0 atom stereocenters. The van der Waals surface area contributed by atoms with E-state index in [1.165, 1.54) is 4.88 Å². The maximum atomic E-state index is 8.78. The number of hydrogen-bond acceptors (Lipinski definition) is 3. The minimum atomic E-state index is 0.157. The van der Waals surface area contributed by atoms with Crippen LogP contribution in [0, 0.1) is 0 Å². The van der Waals surface area contributed by atoms with Gasteiger partial charge in [-0.15, -0.1) is 11.3 Å². The fraction of sp³-hybridized carbons (Fsp3) is 0.500. The smallest absolute Gasteiger partial charge is 0.0690 e. The molecule has 11 heavy (non-hydrogen) atoms. The Balaban J connectivity index is 2.58. The van der Waals surface area contributed by atoms with Crippen molar-refractivity contribution in [2.24, 2.45) is 0 Å². The molecule has 0 spiro atoms. The molecule has 0 aliphatic heterocycles. The second-order valence-corrected chi connectivity index (χ2v) is 3.81. The van der Waals surface area contributed by atoms with Crippen molar-refractivity contribution in [3.63, 3.8) is 0 Å². The molecule has 2 nitrogen and oxygen atoms in total. The third-order valence-electron chi connectivity index (χ3n) is 1.36. The van der Waals surface area contributed by atoms with Gasteiger partial charge in [-0.3, -0.25) is 0 Å². The summed E-state index contributed by atoms with van der Waals surface area (Å²) in [6, 6.07) is 2.05. The zero-order valence-electron chi connectivity index (χ0n) is 6.87. The average Bonchev–Trinajstić information content (AvgIpc) is 2.34. The quantitative estimate of drug-likeness (QED) is 0.741. The van der Waals surface area contributed by atoms with E-state index in [2.05, 4.69) is 4.90 Å². The predicted octanol–water partition coefficient (Wildman–Crippen LogP) is 1.30. The fourth-order valence-electron chi connectivity index (χ4n) is 0.904. The highest BCUT2D eigenvalue weighted by Gasteiger charge is 1.98. The van der Waals surface area contributed by atoms with Crippen LogP contribution in [-0.4, -0.2) is 24.1 Å². The first-order chi connectivity index (χ1) is 5.22. The second-order valence-electron chi connectivity index (χ2n) is 2.82. The van der Waals surface area contributed by atoms with Crippen LogP contribution in [0.2, 0.25) is 0 Å². The van der Waals surface area contributed by atoms with Gasteiger partial charge in [-0.2, -0.15) is 0 Å². The van der Waals surface area contributed by atoms with Crippen molar-refractivity contribution in [2.45, 2.75) is 13.2 Å². The van der Waals surface area contributed by atoms with Crippen LogP contribution in [0.1, 0.15) is 10.4 Å². The van der Waals surface area contributed by atoms with Gasteiger partial charge in [-0.1, -0.05) is 0 Å². The molecule has 0 radical (unpaired) electrons. The zero-order chi connectivity index (χ0) is 8.27. The zero-order valence-corrected chi connectivity index (χ0v) is 7.69. The molecule has 0 saturated carbocycles. The molecule has 0 unspecified atom stereocenters. The van der Waals surface area contributed by atoms with Crippen LogP contribution in [0.4, 0.5) is 0 Å². The number of rotatable bonds is 3. The van der Waals surface area contributed by atoms with Gasteiger partial charge in [0, 0.05) is 11.4 Å². The summed E-state index contributed by atoms with van der Waals surface area (Å²) in [5, 5.41) is 10.8. The van der Waals surface area contributed by atoms with Gasteiger partial charge in [0.1, 0.15) is 0 Å². The average molecular weight is 171 g/mol. The molecule has 0 aliphatic carbocycles. The third kappa shape index (κ3) is 2.61. The summed E-state index contributed by atoms with van der Waals surface area (Å²) in [5.41, 5.74) is 1.02. The van der Waals surface area contributed by atoms with Crippen molar-refractivity contribution in [1.82, 2.24) is 4.90 Å². The Labute approximate surface area is 71.1 Å². The summed E-state index contributed by atoms with van der Waals surface area (Å²) in [7, 11) is 4.08. The number of aliphatic hydroxyl groups excluding tert-OH is 1. The van der Waals surface area contributed by atoms with Crippen molar-refractivity contribution >= 4 is 11.3 Å². The van der Waals surface area contributed by atoms with Gasteiger partial charge in [0.2, 0.25) is 0 Å². The van der Waals surface area contributed by atoms with E-state index in [1.807, 2.05) is 25.5 Å². The van der Waals surface area contributed by atoms with Crippen LogP contribution >= 0.6 is 11.3 Å². The molecular formula is C8H13NOS. The lowest BCUT2D eigenvalue weighted by Crippen LogP contribution is -2.09. The monoisotopic (exact) mass is 171 g/mol. The molecule has 0 aliphatic rings. The molecule has 0 saturated heterocycles. The lowest BCUT2D eigenvalue weighted by Gasteiger charge is -2.05. The van der Waals surface area contributed by atoms with Crippen molar-refractivity contribution in [2.75, 3.05) is 14.1 Å². The molecular weight excluding hydrogens is 158 g/mol. The van der Waals surface area contributed by atoms with Gasteiger partial charge >= 0.3 is 0 Å². The third-order valence-corrected chi connectivity index (χ3v) is 2.33. The van der Waals surface area contributed by atoms with Crippen LogP contribution in [0.5, 0.6) is 0 Å². The van der Waals surface area contributed by atoms with E-state index in [9.17, 15) is 0 Å². The molecule has 1 N–H and O–H groups in total. The first-order valence-corrected chi connectivity index (χ1v) is 4.42. The van der Waals surface area contributed by atoms with E-state index in [4.69, 9.17) is 5.11 Å². The Hall–Kier alpha value is -0.380. The summed E-state index contributed by atoms with van der Waals surface area (Å²) >= 11 is 1.70. The van der Waals surface area contributed by atoms with E-state index in [1.54, 1.807) is 11.3 Å². The molecule has 1 aromatic rings. The highest BCUT2D eigenvalue weighted by molar-refractivity contribution is 7.10. The molecule has 0 amide bonds. The molecule has 1 heterocycles. The maximum Gasteiger partial charge on any atom is 0.0690 e. The minimum Gasteiger partial charge on any atom is -0.392 e. The van der Waals surface area contributed by atoms with Crippen molar-refractivity contribution in [1.29, 1.82) is 0 Å². The first kappa shape index (κ1) is 8.71. The van der Waals surface area contributed by atoms with Crippen molar-refractivity contribution in [3.05, 3.63) is 21.9 Å². The highest BCUT2D eigenvalue weighted by Crippen LogP contribution is 2.15. The Morgan fingerprint density at radius 2 is 2.27 bits per heavy atom. The standard InChI is InChI=1S/C8H13NOS/c1-9(2)4-8-3-7(5-10)6-11-8/h3,6,10H,4-5H2,1-2H3. The Bertz CT molecular complexity index is 220. The summed E-state index contributed by atoms with van der Waals surface area (Å²) in [6.45, 7) is 1.12. The van der Waals surface area contributed by atoms with E-state index in [0.29, 0.717) is 0 Å². The molecule has 0 bridgehead atoms. The number of hydrogen-bond donors (Lipinski definition) is 1. The maximum absolute atomic E-state index is 8.78. The van der Waals surface area contributed by atoms with Crippen LogP contribution in [0.25, 0.3) is 0 Å².